The van der Waals surface area contributed by atoms with E-state index in [-0.39, 0.29) is 11.3 Å². The molecule has 0 radical (unpaired) electrons. The van der Waals surface area contributed by atoms with Crippen molar-refractivity contribution in [2.75, 3.05) is 5.32 Å². The summed E-state index contributed by atoms with van der Waals surface area (Å²) in [6.07, 6.45) is 1.50. The third kappa shape index (κ3) is 5.46. The molecule has 164 valence electrons. The number of benzene rings is 3. The highest BCUT2D eigenvalue weighted by atomic mass is 32.2. The fourth-order valence-electron chi connectivity index (χ4n) is 2.78. The van der Waals surface area contributed by atoms with Gasteiger partial charge in [0.2, 0.25) is 0 Å². The van der Waals surface area contributed by atoms with E-state index in [1.807, 2.05) is 30.3 Å². The Hall–Kier alpha value is -4.38. The lowest BCUT2D eigenvalue weighted by Crippen LogP contribution is -2.12. The molecule has 0 bridgehead atoms. The molecule has 0 aliphatic rings. The number of carbonyl (C=O) groups excluding carboxylic acids is 1. The molecule has 33 heavy (non-hydrogen) atoms. The Bertz CT molecular complexity index is 1320. The fourth-order valence-corrected chi connectivity index (χ4v) is 3.63. The van der Waals surface area contributed by atoms with Crippen LogP contribution in [0.2, 0.25) is 0 Å². The van der Waals surface area contributed by atoms with Gasteiger partial charge in [0.15, 0.2) is 5.16 Å². The quantitative estimate of drug-likeness (QED) is 0.219. The monoisotopic (exact) mass is 459 g/mol. The van der Waals surface area contributed by atoms with Crippen LogP contribution in [0.25, 0.3) is 0 Å². The smallest absolute Gasteiger partial charge is 0.284 e. The number of azo groups is 1. The lowest BCUT2D eigenvalue weighted by molar-refractivity contribution is -0.387. The second kappa shape index (κ2) is 9.83. The van der Waals surface area contributed by atoms with Crippen molar-refractivity contribution >= 4 is 40.4 Å². The van der Waals surface area contributed by atoms with Crippen molar-refractivity contribution in [3.05, 3.63) is 94.8 Å². The lowest BCUT2D eigenvalue weighted by atomic mass is 10.2. The summed E-state index contributed by atoms with van der Waals surface area (Å²) in [5.74, 6) is -0.466. The molecule has 4 aromatic rings. The molecular weight excluding hydrogens is 442 g/mol. The molecule has 10 nitrogen and oxygen atoms in total. The average Bonchev–Trinajstić information content (AvgIpc) is 3.23. The number of nitro benzene ring substituents is 1. The highest BCUT2D eigenvalue weighted by molar-refractivity contribution is 7.99. The Labute approximate surface area is 192 Å². The highest BCUT2D eigenvalue weighted by Gasteiger charge is 2.20. The molecule has 0 atom stereocenters. The number of amides is 1. The molecule has 0 saturated carbocycles. The first kappa shape index (κ1) is 21.8. The second-order valence-corrected chi connectivity index (χ2v) is 7.81. The summed E-state index contributed by atoms with van der Waals surface area (Å²) in [6, 6.07) is 20.4. The van der Waals surface area contributed by atoms with Gasteiger partial charge in [-0.3, -0.25) is 14.9 Å². The van der Waals surface area contributed by atoms with Crippen LogP contribution in [-0.4, -0.2) is 25.6 Å². The maximum atomic E-state index is 12.7. The maximum Gasteiger partial charge on any atom is 0.284 e. The third-order valence-corrected chi connectivity index (χ3v) is 5.57. The molecule has 0 fully saturated rings. The topological polar surface area (TPSA) is 128 Å². The summed E-state index contributed by atoms with van der Waals surface area (Å²) < 4.78 is 1.65. The number of anilines is 1. The van der Waals surface area contributed by atoms with E-state index in [1.54, 1.807) is 35.9 Å². The van der Waals surface area contributed by atoms with Crippen LogP contribution in [-0.2, 0) is 7.05 Å². The van der Waals surface area contributed by atoms with E-state index in [9.17, 15) is 14.9 Å². The molecular formula is C22H17N7O3S. The Kier molecular flexibility index (Phi) is 6.51. The van der Waals surface area contributed by atoms with Crippen LogP contribution in [0, 0.1) is 10.1 Å². The summed E-state index contributed by atoms with van der Waals surface area (Å²) in [6.45, 7) is 0. The van der Waals surface area contributed by atoms with Gasteiger partial charge >= 0.3 is 0 Å². The standard InChI is InChI=1S/C22H17N7O3S/c1-28-14-23-27-22(28)33-20-12-7-15(13-19(20)29(31)32)21(30)24-16-8-10-18(11-9-16)26-25-17-5-3-2-4-6-17/h2-14H,1H3,(H,24,30). The number of hydrogen-bond donors (Lipinski definition) is 1. The average molecular weight is 459 g/mol. The largest absolute Gasteiger partial charge is 0.322 e. The SMILES string of the molecule is Cn1cnnc1Sc1ccc(C(=O)Nc2ccc(N=Nc3ccccc3)cc2)cc1[N+](=O)[O-]. The molecule has 0 spiro atoms. The molecule has 11 heteroatoms. The van der Waals surface area contributed by atoms with E-state index < -0.39 is 10.8 Å². The fraction of sp³-hybridized carbons (Fsp3) is 0.0455. The molecule has 1 N–H and O–H groups in total. The van der Waals surface area contributed by atoms with E-state index in [4.69, 9.17) is 0 Å². The number of carbonyl (C=O) groups is 1. The Balaban J connectivity index is 1.46. The molecule has 0 aliphatic carbocycles. The third-order valence-electron chi connectivity index (χ3n) is 4.45. The van der Waals surface area contributed by atoms with Gasteiger partial charge in [0.25, 0.3) is 11.6 Å². The van der Waals surface area contributed by atoms with Crippen LogP contribution < -0.4 is 5.32 Å². The normalized spacial score (nSPS) is 10.9. The lowest BCUT2D eigenvalue weighted by Gasteiger charge is -2.07. The van der Waals surface area contributed by atoms with Crippen LogP contribution in [0.4, 0.5) is 22.7 Å². The van der Waals surface area contributed by atoms with Gasteiger partial charge in [-0.15, -0.1) is 10.2 Å². The highest BCUT2D eigenvalue weighted by Crippen LogP contribution is 2.34. The van der Waals surface area contributed by atoms with Gasteiger partial charge in [0.1, 0.15) is 6.33 Å². The van der Waals surface area contributed by atoms with Gasteiger partial charge in [-0.2, -0.15) is 10.2 Å². The van der Waals surface area contributed by atoms with Crippen molar-refractivity contribution in [2.45, 2.75) is 10.1 Å². The summed E-state index contributed by atoms with van der Waals surface area (Å²) in [4.78, 5) is 24.1. The van der Waals surface area contributed by atoms with Gasteiger partial charge in [0, 0.05) is 24.4 Å². The number of rotatable bonds is 7. The van der Waals surface area contributed by atoms with Crippen molar-refractivity contribution in [1.29, 1.82) is 0 Å². The van der Waals surface area contributed by atoms with Gasteiger partial charge in [-0.05, 0) is 60.3 Å². The summed E-state index contributed by atoms with van der Waals surface area (Å²) >= 11 is 1.10. The Morgan fingerprint density at radius 1 is 1.03 bits per heavy atom. The van der Waals surface area contributed by atoms with Crippen LogP contribution in [0.5, 0.6) is 0 Å². The number of nitro groups is 1. The van der Waals surface area contributed by atoms with Gasteiger partial charge < -0.3 is 9.88 Å². The molecule has 4 rings (SSSR count). The predicted molar refractivity (Wildman–Crippen MR) is 123 cm³/mol. The van der Waals surface area contributed by atoms with E-state index >= 15 is 0 Å². The van der Waals surface area contributed by atoms with E-state index in [1.165, 1.54) is 24.5 Å². The van der Waals surface area contributed by atoms with Crippen LogP contribution in [0.1, 0.15) is 10.4 Å². The van der Waals surface area contributed by atoms with Gasteiger partial charge in [-0.25, -0.2) is 0 Å². The first-order valence-electron chi connectivity index (χ1n) is 9.68. The minimum absolute atomic E-state index is 0.164. The first-order valence-corrected chi connectivity index (χ1v) is 10.5. The number of aromatic nitrogens is 3. The van der Waals surface area contributed by atoms with Crippen molar-refractivity contribution in [2.24, 2.45) is 17.3 Å². The zero-order valence-corrected chi connectivity index (χ0v) is 18.1. The number of aryl methyl sites for hydroxylation is 1. The van der Waals surface area contributed by atoms with Gasteiger partial charge in [-0.1, -0.05) is 18.2 Å². The van der Waals surface area contributed by atoms with Crippen molar-refractivity contribution in [3.63, 3.8) is 0 Å². The summed E-state index contributed by atoms with van der Waals surface area (Å²) in [5, 5.41) is 30.8. The Morgan fingerprint density at radius 3 is 2.36 bits per heavy atom. The number of nitrogens with one attached hydrogen (secondary N) is 1. The Morgan fingerprint density at radius 2 is 1.73 bits per heavy atom. The first-order chi connectivity index (χ1) is 16.0. The molecule has 3 aromatic carbocycles. The number of hydrogen-bond acceptors (Lipinski definition) is 8. The van der Waals surface area contributed by atoms with E-state index in [0.29, 0.717) is 21.4 Å². The molecule has 0 unspecified atom stereocenters. The summed E-state index contributed by atoms with van der Waals surface area (Å²) in [5.41, 5.74) is 1.86. The van der Waals surface area contributed by atoms with Gasteiger partial charge in [0.05, 0.1) is 21.2 Å². The van der Waals surface area contributed by atoms with E-state index in [2.05, 4.69) is 25.7 Å². The minimum atomic E-state index is -0.526. The summed E-state index contributed by atoms with van der Waals surface area (Å²) in [7, 11) is 1.74. The minimum Gasteiger partial charge on any atom is -0.322 e. The van der Waals surface area contributed by atoms with Crippen molar-refractivity contribution in [3.8, 4) is 0 Å². The molecule has 1 aromatic heterocycles. The predicted octanol–water partition coefficient (Wildman–Crippen LogP) is 5.54. The maximum absolute atomic E-state index is 12.7. The van der Waals surface area contributed by atoms with E-state index in [0.717, 1.165) is 17.4 Å². The zero-order valence-electron chi connectivity index (χ0n) is 17.3. The van der Waals surface area contributed by atoms with Crippen LogP contribution in [0.3, 0.4) is 0 Å². The van der Waals surface area contributed by atoms with Crippen molar-refractivity contribution < 1.29 is 9.72 Å². The van der Waals surface area contributed by atoms with Crippen molar-refractivity contribution in [1.82, 2.24) is 14.8 Å². The molecule has 1 heterocycles. The molecule has 0 saturated heterocycles. The molecule has 0 aliphatic heterocycles. The van der Waals surface area contributed by atoms with Crippen LogP contribution >= 0.6 is 11.8 Å². The van der Waals surface area contributed by atoms with Crippen LogP contribution in [0.15, 0.2) is 99.4 Å². The number of nitrogens with zero attached hydrogens (tertiary/aromatic N) is 6. The molecule has 1 amide bonds. The second-order valence-electron chi connectivity index (χ2n) is 6.80. The zero-order chi connectivity index (χ0) is 23.2.